The molecule has 0 atom stereocenters. The molecular weight excluding hydrogens is 132 g/mol. The Morgan fingerprint density at radius 1 is 1.70 bits per heavy atom. The first-order chi connectivity index (χ1) is 4.66. The van der Waals surface area contributed by atoms with Crippen LogP contribution in [-0.2, 0) is 9.53 Å². The van der Waals surface area contributed by atoms with Gasteiger partial charge in [0, 0.05) is 12.8 Å². The van der Waals surface area contributed by atoms with Crippen molar-refractivity contribution in [1.82, 2.24) is 0 Å². The Labute approximate surface area is 59.9 Å². The zero-order valence-electron chi connectivity index (χ0n) is 6.02. The number of hydrogen-bond donors (Lipinski definition) is 2. The van der Waals surface area contributed by atoms with Gasteiger partial charge in [-0.1, -0.05) is 6.92 Å². The second kappa shape index (κ2) is 4.78. The van der Waals surface area contributed by atoms with E-state index >= 15 is 0 Å². The van der Waals surface area contributed by atoms with Gasteiger partial charge in [0.2, 0.25) is 0 Å². The fourth-order valence-corrected chi connectivity index (χ4v) is 0.377. The lowest BCUT2D eigenvalue weighted by molar-refractivity contribution is -0.142. The molecule has 3 N–H and O–H groups in total. The van der Waals surface area contributed by atoms with Crippen LogP contribution in [0.5, 0.6) is 0 Å². The molecule has 0 saturated carbocycles. The molecule has 0 aromatic rings. The fraction of sp³-hybridized carbons (Fsp3) is 0.667. The average Bonchev–Trinajstić information content (AvgIpc) is 1.87. The maximum Gasteiger partial charge on any atom is 0.305 e. The van der Waals surface area contributed by atoms with Crippen LogP contribution in [0.1, 0.15) is 19.8 Å². The van der Waals surface area contributed by atoms with Crippen molar-refractivity contribution in [2.75, 3.05) is 6.61 Å². The maximum atomic E-state index is 10.5. The van der Waals surface area contributed by atoms with Crippen molar-refractivity contribution < 1.29 is 9.53 Å². The third-order valence-electron chi connectivity index (χ3n) is 0.923. The van der Waals surface area contributed by atoms with Crippen molar-refractivity contribution in [2.45, 2.75) is 19.8 Å². The number of rotatable bonds is 4. The first-order valence-electron chi connectivity index (χ1n) is 3.15. The molecule has 0 aliphatic rings. The lowest BCUT2D eigenvalue weighted by Crippen LogP contribution is -2.14. The topological polar surface area (TPSA) is 76.2 Å². The van der Waals surface area contributed by atoms with Gasteiger partial charge in [0.25, 0.3) is 0 Å². The molecule has 0 amide bonds. The van der Waals surface area contributed by atoms with Crippen molar-refractivity contribution >= 4 is 11.8 Å². The predicted molar refractivity (Wildman–Crippen MR) is 37.8 cm³/mol. The highest BCUT2D eigenvalue weighted by Crippen LogP contribution is 1.86. The van der Waals surface area contributed by atoms with Crippen molar-refractivity contribution in [3.63, 3.8) is 0 Å². The second-order valence-corrected chi connectivity index (χ2v) is 1.85. The monoisotopic (exact) mass is 144 g/mol. The van der Waals surface area contributed by atoms with Gasteiger partial charge in [-0.15, -0.1) is 0 Å². The quantitative estimate of drug-likeness (QED) is 0.337. The van der Waals surface area contributed by atoms with E-state index in [1.807, 2.05) is 0 Å². The molecule has 58 valence electrons. The lowest BCUT2D eigenvalue weighted by Gasteiger charge is -2.00. The Morgan fingerprint density at radius 2 is 2.30 bits per heavy atom. The number of nitrogens with one attached hydrogen (secondary N) is 1. The molecule has 0 bridgehead atoms. The summed E-state index contributed by atoms with van der Waals surface area (Å²) in [4.78, 5) is 10.5. The highest BCUT2D eigenvalue weighted by atomic mass is 16.5. The van der Waals surface area contributed by atoms with Gasteiger partial charge in [-0.25, -0.2) is 0 Å². The standard InChI is InChI=1S/C6H12N2O2/c1-2-6(9)10-4-3-5(7)8/h2-4H2,1H3,(H3,7,8). The first kappa shape index (κ1) is 8.94. The number of ether oxygens (including phenoxy) is 1. The molecule has 4 nitrogen and oxygen atoms in total. The molecule has 0 radical (unpaired) electrons. The van der Waals surface area contributed by atoms with Crippen LogP contribution >= 0.6 is 0 Å². The normalized spacial score (nSPS) is 8.90. The van der Waals surface area contributed by atoms with E-state index in [4.69, 9.17) is 11.1 Å². The van der Waals surface area contributed by atoms with Gasteiger partial charge in [-0.05, 0) is 0 Å². The molecule has 0 heterocycles. The van der Waals surface area contributed by atoms with E-state index in [0.717, 1.165) is 0 Å². The summed E-state index contributed by atoms with van der Waals surface area (Å²) >= 11 is 0. The highest BCUT2D eigenvalue weighted by molar-refractivity contribution is 5.77. The molecule has 0 unspecified atom stereocenters. The summed E-state index contributed by atoms with van der Waals surface area (Å²) in [6.07, 6.45) is 0.698. The second-order valence-electron chi connectivity index (χ2n) is 1.85. The summed E-state index contributed by atoms with van der Waals surface area (Å²) in [6.45, 7) is 1.94. The average molecular weight is 144 g/mol. The van der Waals surface area contributed by atoms with Gasteiger partial charge >= 0.3 is 5.97 Å². The molecule has 0 aliphatic heterocycles. The predicted octanol–water partition coefficient (Wildman–Crippen LogP) is 0.266. The Bertz CT molecular complexity index is 134. The molecule has 4 heteroatoms. The molecule has 0 fully saturated rings. The number of carbonyl (C=O) groups is 1. The molecule has 0 rings (SSSR count). The van der Waals surface area contributed by atoms with E-state index in [2.05, 4.69) is 4.74 Å². The van der Waals surface area contributed by atoms with Gasteiger partial charge in [0.15, 0.2) is 0 Å². The van der Waals surface area contributed by atoms with Crippen LogP contribution < -0.4 is 5.73 Å². The Morgan fingerprint density at radius 3 is 2.70 bits per heavy atom. The number of hydrogen-bond acceptors (Lipinski definition) is 3. The van der Waals surface area contributed by atoms with E-state index < -0.39 is 0 Å². The van der Waals surface area contributed by atoms with Gasteiger partial charge in [0.05, 0.1) is 12.4 Å². The first-order valence-corrected chi connectivity index (χ1v) is 3.15. The third-order valence-corrected chi connectivity index (χ3v) is 0.923. The highest BCUT2D eigenvalue weighted by Gasteiger charge is 1.97. The summed E-state index contributed by atoms with van der Waals surface area (Å²) in [5.41, 5.74) is 5.01. The van der Waals surface area contributed by atoms with E-state index in [0.29, 0.717) is 12.8 Å². The maximum absolute atomic E-state index is 10.5. The molecule has 0 aromatic heterocycles. The van der Waals surface area contributed by atoms with Crippen molar-refractivity contribution in [3.8, 4) is 0 Å². The Kier molecular flexibility index (Phi) is 4.28. The van der Waals surface area contributed by atoms with Crippen molar-refractivity contribution in [2.24, 2.45) is 5.73 Å². The van der Waals surface area contributed by atoms with Crippen molar-refractivity contribution in [1.29, 1.82) is 5.41 Å². The van der Waals surface area contributed by atoms with Gasteiger partial charge < -0.3 is 10.5 Å². The number of carbonyl (C=O) groups excluding carboxylic acids is 1. The van der Waals surface area contributed by atoms with E-state index in [1.54, 1.807) is 6.92 Å². The van der Waals surface area contributed by atoms with Gasteiger partial charge in [-0.2, -0.15) is 0 Å². The zero-order valence-corrected chi connectivity index (χ0v) is 6.02. The van der Waals surface area contributed by atoms with E-state index in [9.17, 15) is 4.79 Å². The summed E-state index contributed by atoms with van der Waals surface area (Å²) in [6, 6.07) is 0. The van der Waals surface area contributed by atoms with Crippen LogP contribution in [-0.4, -0.2) is 18.4 Å². The van der Waals surface area contributed by atoms with Crippen LogP contribution in [0.15, 0.2) is 0 Å². The molecule has 0 saturated heterocycles. The smallest absolute Gasteiger partial charge is 0.305 e. The van der Waals surface area contributed by atoms with Crippen LogP contribution in [0.2, 0.25) is 0 Å². The Hall–Kier alpha value is -1.06. The van der Waals surface area contributed by atoms with Gasteiger partial charge in [-0.3, -0.25) is 10.2 Å². The Balaban J connectivity index is 3.20. The molecule has 0 aliphatic carbocycles. The zero-order chi connectivity index (χ0) is 7.98. The number of esters is 1. The van der Waals surface area contributed by atoms with E-state index in [-0.39, 0.29) is 18.4 Å². The fourth-order valence-electron chi connectivity index (χ4n) is 0.377. The van der Waals surface area contributed by atoms with Crippen LogP contribution in [0, 0.1) is 5.41 Å². The molecule has 0 spiro atoms. The number of nitrogens with two attached hydrogens (primary N) is 1. The van der Waals surface area contributed by atoms with Crippen LogP contribution in [0.3, 0.4) is 0 Å². The lowest BCUT2D eigenvalue weighted by atomic mass is 10.4. The van der Waals surface area contributed by atoms with Gasteiger partial charge in [0.1, 0.15) is 0 Å². The minimum absolute atomic E-state index is 0.0453. The summed E-state index contributed by atoms with van der Waals surface area (Å²) in [5, 5.41) is 6.78. The molecular formula is C6H12N2O2. The minimum atomic E-state index is -0.249. The number of amidine groups is 1. The van der Waals surface area contributed by atoms with E-state index in [1.165, 1.54) is 0 Å². The van der Waals surface area contributed by atoms with Crippen LogP contribution in [0.4, 0.5) is 0 Å². The molecule has 10 heavy (non-hydrogen) atoms. The van der Waals surface area contributed by atoms with Crippen LogP contribution in [0.25, 0.3) is 0 Å². The summed E-state index contributed by atoms with van der Waals surface area (Å²) in [5.74, 6) is -0.204. The summed E-state index contributed by atoms with van der Waals surface area (Å²) in [7, 11) is 0. The minimum Gasteiger partial charge on any atom is -0.465 e. The largest absolute Gasteiger partial charge is 0.465 e. The molecule has 0 aromatic carbocycles. The van der Waals surface area contributed by atoms with Crippen molar-refractivity contribution in [3.05, 3.63) is 0 Å². The third kappa shape index (κ3) is 5.08. The SMILES string of the molecule is CCC(=O)OCCC(=N)N. The summed E-state index contributed by atoms with van der Waals surface area (Å²) < 4.78 is 4.64.